The minimum atomic E-state index is -0.108. The van der Waals surface area contributed by atoms with E-state index in [1.54, 1.807) is 6.07 Å². The fourth-order valence-electron chi connectivity index (χ4n) is 1.18. The number of hydrogen-bond acceptors (Lipinski definition) is 1. The lowest BCUT2D eigenvalue weighted by Gasteiger charge is -2.12. The van der Waals surface area contributed by atoms with Crippen LogP contribution in [-0.4, -0.2) is 19.0 Å². The van der Waals surface area contributed by atoms with E-state index in [-0.39, 0.29) is 5.82 Å². The largest absolute Gasteiger partial charge is 0.305 e. The van der Waals surface area contributed by atoms with Crippen molar-refractivity contribution in [3.63, 3.8) is 0 Å². The summed E-state index contributed by atoms with van der Waals surface area (Å²) in [6.45, 7) is 2.60. The Morgan fingerprint density at radius 1 is 1.33 bits per heavy atom. The summed E-state index contributed by atoms with van der Waals surface area (Å²) in [7, 11) is 3.87. The van der Waals surface area contributed by atoms with Crippen LogP contribution in [0.4, 0.5) is 4.39 Å². The number of hydrogen-bond donors (Lipinski definition) is 0. The van der Waals surface area contributed by atoms with Gasteiger partial charge in [-0.3, -0.25) is 0 Å². The standard InChI is InChI=1S/C10H14FN/c1-8-5-4-6-10(11)9(8)7-12(2)3/h4-6H,7H2,1-3H3. The van der Waals surface area contributed by atoms with Gasteiger partial charge in [0.15, 0.2) is 0 Å². The molecule has 0 unspecified atom stereocenters. The number of rotatable bonds is 2. The molecule has 1 aromatic carbocycles. The third kappa shape index (κ3) is 2.05. The van der Waals surface area contributed by atoms with Gasteiger partial charge in [0.2, 0.25) is 0 Å². The third-order valence-electron chi connectivity index (χ3n) is 1.83. The van der Waals surface area contributed by atoms with Crippen molar-refractivity contribution in [2.45, 2.75) is 13.5 Å². The monoisotopic (exact) mass is 167 g/mol. The number of aryl methyl sites for hydroxylation is 1. The summed E-state index contributed by atoms with van der Waals surface area (Å²) in [6, 6.07) is 5.18. The van der Waals surface area contributed by atoms with Crippen molar-refractivity contribution in [1.29, 1.82) is 0 Å². The number of halogens is 1. The maximum Gasteiger partial charge on any atom is 0.127 e. The molecule has 0 aliphatic heterocycles. The lowest BCUT2D eigenvalue weighted by atomic mass is 10.1. The molecule has 0 aromatic heterocycles. The molecule has 0 aliphatic rings. The first-order valence-corrected chi connectivity index (χ1v) is 4.00. The summed E-state index contributed by atoms with van der Waals surface area (Å²) >= 11 is 0. The molecule has 0 atom stereocenters. The van der Waals surface area contributed by atoms with Crippen LogP contribution in [0.5, 0.6) is 0 Å². The van der Waals surface area contributed by atoms with Crippen LogP contribution in [0, 0.1) is 12.7 Å². The molecule has 66 valence electrons. The van der Waals surface area contributed by atoms with Crippen molar-refractivity contribution in [1.82, 2.24) is 4.90 Å². The van der Waals surface area contributed by atoms with Gasteiger partial charge in [0.05, 0.1) is 0 Å². The highest BCUT2D eigenvalue weighted by molar-refractivity contribution is 5.27. The molecule has 0 fully saturated rings. The van der Waals surface area contributed by atoms with Crippen molar-refractivity contribution in [3.8, 4) is 0 Å². The van der Waals surface area contributed by atoms with Gasteiger partial charge in [0.25, 0.3) is 0 Å². The van der Waals surface area contributed by atoms with Crippen molar-refractivity contribution in [2.75, 3.05) is 14.1 Å². The van der Waals surface area contributed by atoms with E-state index in [1.165, 1.54) is 6.07 Å². The Morgan fingerprint density at radius 3 is 2.50 bits per heavy atom. The number of nitrogens with zero attached hydrogens (tertiary/aromatic N) is 1. The highest BCUT2D eigenvalue weighted by Gasteiger charge is 2.04. The normalized spacial score (nSPS) is 10.8. The zero-order chi connectivity index (χ0) is 9.14. The molecule has 0 radical (unpaired) electrons. The summed E-state index contributed by atoms with van der Waals surface area (Å²) in [6.07, 6.45) is 0. The Kier molecular flexibility index (Phi) is 2.82. The molecule has 0 saturated heterocycles. The molecule has 0 N–H and O–H groups in total. The molecule has 1 rings (SSSR count). The van der Waals surface area contributed by atoms with Crippen molar-refractivity contribution >= 4 is 0 Å². The van der Waals surface area contributed by atoms with Crippen molar-refractivity contribution in [3.05, 3.63) is 35.1 Å². The van der Waals surface area contributed by atoms with Gasteiger partial charge in [-0.1, -0.05) is 12.1 Å². The summed E-state index contributed by atoms with van der Waals surface area (Å²) < 4.78 is 13.2. The fraction of sp³-hybridized carbons (Fsp3) is 0.400. The maximum absolute atomic E-state index is 13.2. The minimum Gasteiger partial charge on any atom is -0.305 e. The Morgan fingerprint density at radius 2 is 2.00 bits per heavy atom. The van der Waals surface area contributed by atoms with Crippen LogP contribution in [-0.2, 0) is 6.54 Å². The maximum atomic E-state index is 13.2. The second-order valence-corrected chi connectivity index (χ2v) is 3.27. The lowest BCUT2D eigenvalue weighted by Crippen LogP contribution is -2.13. The third-order valence-corrected chi connectivity index (χ3v) is 1.83. The summed E-state index contributed by atoms with van der Waals surface area (Å²) in [5.74, 6) is -0.108. The molecule has 0 bridgehead atoms. The zero-order valence-corrected chi connectivity index (χ0v) is 7.76. The molecule has 0 saturated carbocycles. The fourth-order valence-corrected chi connectivity index (χ4v) is 1.18. The molecule has 12 heavy (non-hydrogen) atoms. The van der Waals surface area contributed by atoms with Gasteiger partial charge in [0.1, 0.15) is 5.82 Å². The summed E-state index contributed by atoms with van der Waals surface area (Å²) in [4.78, 5) is 1.96. The predicted molar refractivity (Wildman–Crippen MR) is 48.5 cm³/mol. The van der Waals surface area contributed by atoms with E-state index in [4.69, 9.17) is 0 Å². The van der Waals surface area contributed by atoms with Crippen LogP contribution in [0.25, 0.3) is 0 Å². The van der Waals surface area contributed by atoms with Gasteiger partial charge in [-0.2, -0.15) is 0 Å². The van der Waals surface area contributed by atoms with Gasteiger partial charge in [-0.05, 0) is 32.6 Å². The first kappa shape index (κ1) is 9.20. The molecule has 0 heterocycles. The first-order valence-electron chi connectivity index (χ1n) is 4.00. The average Bonchev–Trinajstić information content (AvgIpc) is 1.97. The quantitative estimate of drug-likeness (QED) is 0.652. The molecular formula is C10H14FN. The van der Waals surface area contributed by atoms with Crippen molar-refractivity contribution in [2.24, 2.45) is 0 Å². The Labute approximate surface area is 72.8 Å². The van der Waals surface area contributed by atoms with E-state index >= 15 is 0 Å². The van der Waals surface area contributed by atoms with Crippen LogP contribution in [0.15, 0.2) is 18.2 Å². The lowest BCUT2D eigenvalue weighted by molar-refractivity contribution is 0.391. The SMILES string of the molecule is Cc1cccc(F)c1CN(C)C. The second-order valence-electron chi connectivity index (χ2n) is 3.27. The Bertz CT molecular complexity index is 248. The number of benzene rings is 1. The van der Waals surface area contributed by atoms with E-state index in [2.05, 4.69) is 0 Å². The highest BCUT2D eigenvalue weighted by atomic mass is 19.1. The summed E-state index contributed by atoms with van der Waals surface area (Å²) in [5.41, 5.74) is 1.81. The highest BCUT2D eigenvalue weighted by Crippen LogP contribution is 2.13. The van der Waals surface area contributed by atoms with Gasteiger partial charge in [-0.25, -0.2) is 4.39 Å². The van der Waals surface area contributed by atoms with Crippen LogP contribution in [0.3, 0.4) is 0 Å². The van der Waals surface area contributed by atoms with E-state index in [0.717, 1.165) is 11.1 Å². The first-order chi connectivity index (χ1) is 5.61. The predicted octanol–water partition coefficient (Wildman–Crippen LogP) is 2.20. The van der Waals surface area contributed by atoms with E-state index in [0.29, 0.717) is 6.54 Å². The van der Waals surface area contributed by atoms with Crippen LogP contribution >= 0.6 is 0 Å². The molecule has 1 aromatic rings. The Balaban J connectivity index is 2.96. The second kappa shape index (κ2) is 3.68. The van der Waals surface area contributed by atoms with Crippen LogP contribution < -0.4 is 0 Å². The van der Waals surface area contributed by atoms with Crippen LogP contribution in [0.1, 0.15) is 11.1 Å². The van der Waals surface area contributed by atoms with Gasteiger partial charge >= 0.3 is 0 Å². The molecular weight excluding hydrogens is 153 g/mol. The van der Waals surface area contributed by atoms with Gasteiger partial charge in [-0.15, -0.1) is 0 Å². The van der Waals surface area contributed by atoms with E-state index in [9.17, 15) is 4.39 Å². The van der Waals surface area contributed by atoms with E-state index in [1.807, 2.05) is 32.0 Å². The minimum absolute atomic E-state index is 0.108. The molecule has 0 spiro atoms. The average molecular weight is 167 g/mol. The van der Waals surface area contributed by atoms with Gasteiger partial charge < -0.3 is 4.90 Å². The van der Waals surface area contributed by atoms with Crippen LogP contribution in [0.2, 0.25) is 0 Å². The topological polar surface area (TPSA) is 3.24 Å². The van der Waals surface area contributed by atoms with Gasteiger partial charge in [0, 0.05) is 12.1 Å². The molecule has 2 heteroatoms. The zero-order valence-electron chi connectivity index (χ0n) is 7.76. The summed E-state index contributed by atoms with van der Waals surface area (Å²) in [5, 5.41) is 0. The van der Waals surface area contributed by atoms with E-state index < -0.39 is 0 Å². The van der Waals surface area contributed by atoms with Crippen molar-refractivity contribution < 1.29 is 4.39 Å². The molecule has 0 amide bonds. The Hall–Kier alpha value is -0.890. The molecule has 1 nitrogen and oxygen atoms in total. The smallest absolute Gasteiger partial charge is 0.127 e. The molecule has 0 aliphatic carbocycles.